The van der Waals surface area contributed by atoms with Crippen molar-refractivity contribution in [2.45, 2.75) is 24.5 Å². The lowest BCUT2D eigenvalue weighted by Gasteiger charge is -2.16. The maximum atomic E-state index is 12.2. The minimum absolute atomic E-state index is 0.0398. The average molecular weight is 330 g/mol. The fourth-order valence-corrected chi connectivity index (χ4v) is 3.21. The van der Waals surface area contributed by atoms with E-state index in [2.05, 4.69) is 15.3 Å². The molecule has 1 aliphatic heterocycles. The van der Waals surface area contributed by atoms with Gasteiger partial charge in [-0.2, -0.15) is 4.98 Å². The number of nitrogens with one attached hydrogen (secondary N) is 2. The molecule has 0 amide bonds. The van der Waals surface area contributed by atoms with Crippen molar-refractivity contribution in [1.29, 1.82) is 0 Å². The van der Waals surface area contributed by atoms with Gasteiger partial charge in [-0.1, -0.05) is 11.3 Å². The molecule has 3 heterocycles. The van der Waals surface area contributed by atoms with E-state index in [4.69, 9.17) is 9.84 Å². The average Bonchev–Trinajstić information content (AvgIpc) is 2.97. The maximum absolute atomic E-state index is 12.2. The summed E-state index contributed by atoms with van der Waals surface area (Å²) in [6, 6.07) is 0. The highest BCUT2D eigenvalue weighted by Gasteiger charge is 2.44. The summed E-state index contributed by atoms with van der Waals surface area (Å²) in [4.78, 5) is 30.1. The zero-order valence-corrected chi connectivity index (χ0v) is 12.2. The van der Waals surface area contributed by atoms with Crippen molar-refractivity contribution in [3.63, 3.8) is 0 Å². The fraction of sp³-hybridized carbons (Fsp3) is 0.545. The first-order valence-corrected chi connectivity index (χ1v) is 7.25. The third-order valence-corrected chi connectivity index (χ3v) is 4.43. The maximum Gasteiger partial charge on any atom is 0.311 e. The summed E-state index contributed by atoms with van der Waals surface area (Å²) >= 11 is 0.662. The Balaban J connectivity index is 2.19. The molecule has 1 saturated heterocycles. The minimum atomic E-state index is -1.42. The highest BCUT2D eigenvalue weighted by molar-refractivity contribution is 7.16. The van der Waals surface area contributed by atoms with Gasteiger partial charge in [0, 0.05) is 7.05 Å². The Labute approximate surface area is 126 Å². The van der Waals surface area contributed by atoms with E-state index in [1.54, 1.807) is 7.05 Å². The van der Waals surface area contributed by atoms with E-state index in [-0.39, 0.29) is 16.3 Å². The Morgan fingerprint density at radius 1 is 1.41 bits per heavy atom. The van der Waals surface area contributed by atoms with Gasteiger partial charge in [0.15, 0.2) is 11.9 Å². The summed E-state index contributed by atoms with van der Waals surface area (Å²) in [5, 5.41) is 31.6. The van der Waals surface area contributed by atoms with Crippen LogP contribution < -0.4 is 15.7 Å². The first kappa shape index (κ1) is 15.1. The summed E-state index contributed by atoms with van der Waals surface area (Å²) in [5.41, 5.74) is -0.458. The van der Waals surface area contributed by atoms with Crippen molar-refractivity contribution in [2.75, 3.05) is 19.0 Å². The van der Waals surface area contributed by atoms with E-state index in [1.165, 1.54) is 0 Å². The zero-order chi connectivity index (χ0) is 16.0. The van der Waals surface area contributed by atoms with Crippen LogP contribution in [-0.2, 0) is 4.74 Å². The van der Waals surface area contributed by atoms with E-state index in [0.717, 1.165) is 4.57 Å². The predicted molar refractivity (Wildman–Crippen MR) is 77.1 cm³/mol. The first-order valence-electron chi connectivity index (χ1n) is 6.43. The Bertz CT molecular complexity index is 813. The molecule has 11 heteroatoms. The Morgan fingerprint density at radius 3 is 2.73 bits per heavy atom. The van der Waals surface area contributed by atoms with Crippen molar-refractivity contribution in [1.82, 2.24) is 14.5 Å². The molecule has 5 N–H and O–H groups in total. The summed E-state index contributed by atoms with van der Waals surface area (Å²) < 4.78 is 6.43. The van der Waals surface area contributed by atoms with E-state index >= 15 is 0 Å². The van der Waals surface area contributed by atoms with Crippen molar-refractivity contribution in [3.05, 3.63) is 20.0 Å². The number of thiazole rings is 1. The van der Waals surface area contributed by atoms with Gasteiger partial charge in [-0.05, 0) is 0 Å². The lowest BCUT2D eigenvalue weighted by molar-refractivity contribution is -0.0518. The Hall–Kier alpha value is -1.79. The van der Waals surface area contributed by atoms with Gasteiger partial charge in [-0.3, -0.25) is 19.1 Å². The SMILES string of the molecule is CNc1nc2c(sc(=O)n2C2OC(CO)C(O)C2O)c(=O)[nH]1. The number of anilines is 1. The Kier molecular flexibility index (Phi) is 3.74. The van der Waals surface area contributed by atoms with Crippen LogP contribution in [0, 0.1) is 0 Å². The topological polar surface area (TPSA) is 150 Å². The highest BCUT2D eigenvalue weighted by atomic mass is 32.1. The number of rotatable bonds is 3. The molecular weight excluding hydrogens is 316 g/mol. The molecule has 0 aliphatic carbocycles. The molecule has 4 atom stereocenters. The number of hydrogen-bond acceptors (Lipinski definition) is 9. The molecule has 1 fully saturated rings. The van der Waals surface area contributed by atoms with Crippen LogP contribution in [-0.4, -0.2) is 61.8 Å². The molecule has 2 aromatic heterocycles. The third kappa shape index (κ3) is 2.14. The third-order valence-electron chi connectivity index (χ3n) is 3.48. The molecule has 1 aliphatic rings. The fourth-order valence-electron chi connectivity index (χ4n) is 2.36. The summed E-state index contributed by atoms with van der Waals surface area (Å²) in [6.45, 7) is -0.513. The lowest BCUT2D eigenvalue weighted by Crippen LogP contribution is -2.34. The predicted octanol–water partition coefficient (Wildman–Crippen LogP) is -2.20. The molecular formula is C11H14N4O6S. The lowest BCUT2D eigenvalue weighted by atomic mass is 10.1. The molecule has 0 saturated carbocycles. The van der Waals surface area contributed by atoms with Crippen LogP contribution in [0.5, 0.6) is 0 Å². The molecule has 2 aromatic rings. The van der Waals surface area contributed by atoms with Gasteiger partial charge in [-0.15, -0.1) is 0 Å². The van der Waals surface area contributed by atoms with Gasteiger partial charge in [0.25, 0.3) is 5.56 Å². The zero-order valence-electron chi connectivity index (χ0n) is 11.4. The van der Waals surface area contributed by atoms with Crippen molar-refractivity contribution in [3.8, 4) is 0 Å². The summed E-state index contributed by atoms with van der Waals surface area (Å²) in [5.74, 6) is 0.149. The molecule has 4 unspecified atom stereocenters. The van der Waals surface area contributed by atoms with Gasteiger partial charge in [0.2, 0.25) is 5.95 Å². The summed E-state index contributed by atoms with van der Waals surface area (Å²) in [7, 11) is 1.55. The van der Waals surface area contributed by atoms with Gasteiger partial charge >= 0.3 is 4.87 Å². The van der Waals surface area contributed by atoms with Crippen LogP contribution in [0.3, 0.4) is 0 Å². The molecule has 3 rings (SSSR count). The number of H-pyrrole nitrogens is 1. The van der Waals surface area contributed by atoms with E-state index < -0.39 is 41.6 Å². The number of fused-ring (bicyclic) bond motifs is 1. The van der Waals surface area contributed by atoms with Crippen LogP contribution in [0.4, 0.5) is 5.95 Å². The second-order valence-electron chi connectivity index (χ2n) is 4.78. The first-order chi connectivity index (χ1) is 10.5. The van der Waals surface area contributed by atoms with Gasteiger partial charge in [0.1, 0.15) is 23.0 Å². The Morgan fingerprint density at radius 2 is 2.14 bits per heavy atom. The largest absolute Gasteiger partial charge is 0.394 e. The van der Waals surface area contributed by atoms with Crippen molar-refractivity contribution < 1.29 is 20.1 Å². The van der Waals surface area contributed by atoms with Crippen molar-refractivity contribution in [2.24, 2.45) is 0 Å². The summed E-state index contributed by atoms with van der Waals surface area (Å²) in [6.07, 6.45) is -5.02. The van der Waals surface area contributed by atoms with Crippen LogP contribution in [0.25, 0.3) is 10.3 Å². The number of nitrogens with zero attached hydrogens (tertiary/aromatic N) is 2. The molecule has 0 spiro atoms. The normalized spacial score (nSPS) is 28.4. The van der Waals surface area contributed by atoms with Crippen LogP contribution in [0.1, 0.15) is 6.23 Å². The molecule has 0 radical (unpaired) electrons. The van der Waals surface area contributed by atoms with E-state index in [0.29, 0.717) is 11.3 Å². The van der Waals surface area contributed by atoms with E-state index in [9.17, 15) is 19.8 Å². The second kappa shape index (κ2) is 5.44. The monoisotopic (exact) mass is 330 g/mol. The number of aliphatic hydroxyl groups excluding tert-OH is 3. The standard InChI is InChI=1S/C11H14N4O6S/c1-12-10-13-7-6(8(19)14-10)22-11(20)15(7)9-5(18)4(17)3(2-16)21-9/h3-5,9,16-18H,2H2,1H3,(H2,12,13,14,19). The second-order valence-corrected chi connectivity index (χ2v) is 5.75. The molecule has 120 valence electrons. The van der Waals surface area contributed by atoms with Gasteiger partial charge in [0.05, 0.1) is 6.61 Å². The van der Waals surface area contributed by atoms with Gasteiger partial charge in [-0.25, -0.2) is 0 Å². The van der Waals surface area contributed by atoms with Crippen LogP contribution in [0.15, 0.2) is 9.59 Å². The number of aromatic amines is 1. The highest BCUT2D eigenvalue weighted by Crippen LogP contribution is 2.30. The number of hydrogen-bond donors (Lipinski definition) is 5. The molecule has 10 nitrogen and oxygen atoms in total. The molecule has 0 bridgehead atoms. The van der Waals surface area contributed by atoms with Crippen LogP contribution >= 0.6 is 11.3 Å². The van der Waals surface area contributed by atoms with Crippen molar-refractivity contribution >= 4 is 27.6 Å². The molecule has 22 heavy (non-hydrogen) atoms. The molecule has 0 aromatic carbocycles. The van der Waals surface area contributed by atoms with E-state index in [1.807, 2.05) is 0 Å². The smallest absolute Gasteiger partial charge is 0.311 e. The number of aliphatic hydroxyl groups is 3. The van der Waals surface area contributed by atoms with Gasteiger partial charge < -0.3 is 25.4 Å². The quantitative estimate of drug-likeness (QED) is 0.425. The van der Waals surface area contributed by atoms with Crippen LogP contribution in [0.2, 0.25) is 0 Å². The number of ether oxygens (including phenoxy) is 1. The number of aromatic nitrogens is 3. The minimum Gasteiger partial charge on any atom is -0.394 e.